The summed E-state index contributed by atoms with van der Waals surface area (Å²) in [6.45, 7) is 3.60. The van der Waals surface area contributed by atoms with Crippen molar-refractivity contribution in [3.63, 3.8) is 0 Å². The summed E-state index contributed by atoms with van der Waals surface area (Å²) in [6.07, 6.45) is 0.0516. The molecule has 98 valence electrons. The highest BCUT2D eigenvalue weighted by molar-refractivity contribution is 5.70. The molecule has 6 nitrogen and oxygen atoms in total. The zero-order valence-electron chi connectivity index (χ0n) is 10.3. The second kappa shape index (κ2) is 4.53. The van der Waals surface area contributed by atoms with Crippen LogP contribution in [-0.4, -0.2) is 49.8 Å². The lowest BCUT2D eigenvalue weighted by molar-refractivity contribution is -0.171. The highest BCUT2D eigenvalue weighted by Crippen LogP contribution is 2.38. The number of hydrogen-bond acceptors (Lipinski definition) is 6. The molecule has 1 heterocycles. The minimum absolute atomic E-state index is 0.0824. The number of hydrogen-bond donors (Lipinski definition) is 1. The zero-order valence-corrected chi connectivity index (χ0v) is 10.3. The van der Waals surface area contributed by atoms with Crippen LogP contribution in [0.1, 0.15) is 20.3 Å². The first-order valence-corrected chi connectivity index (χ1v) is 5.72. The number of rotatable bonds is 3. The Bertz CT molecular complexity index is 306. The van der Waals surface area contributed by atoms with Crippen LogP contribution in [0.25, 0.3) is 0 Å². The van der Waals surface area contributed by atoms with Crippen molar-refractivity contribution in [2.24, 2.45) is 5.73 Å². The molecule has 0 amide bonds. The molecule has 0 aromatic heterocycles. The van der Waals surface area contributed by atoms with Crippen molar-refractivity contribution in [2.45, 2.75) is 50.4 Å². The smallest absolute Gasteiger partial charge is 0.331 e. The molecule has 1 aliphatic carbocycles. The van der Waals surface area contributed by atoms with E-state index in [1.165, 1.54) is 7.11 Å². The van der Waals surface area contributed by atoms with Crippen LogP contribution in [0.4, 0.5) is 0 Å². The molecule has 2 N–H and O–H groups in total. The molecule has 17 heavy (non-hydrogen) atoms. The van der Waals surface area contributed by atoms with Crippen LogP contribution in [0, 0.1) is 0 Å². The molecule has 6 heteroatoms. The topological polar surface area (TPSA) is 80.0 Å². The van der Waals surface area contributed by atoms with Crippen molar-refractivity contribution in [2.75, 3.05) is 13.7 Å². The fourth-order valence-corrected chi connectivity index (χ4v) is 2.37. The highest BCUT2D eigenvalue weighted by Gasteiger charge is 2.53. The Morgan fingerprint density at radius 2 is 2.06 bits per heavy atom. The Labute approximate surface area is 100 Å². The maximum absolute atomic E-state index is 11.0. The molecule has 2 fully saturated rings. The normalized spacial score (nSPS) is 39.1. The summed E-state index contributed by atoms with van der Waals surface area (Å²) in [7, 11) is 1.33. The van der Waals surface area contributed by atoms with Gasteiger partial charge in [0.25, 0.3) is 0 Å². The van der Waals surface area contributed by atoms with Crippen LogP contribution in [-0.2, 0) is 23.7 Å². The van der Waals surface area contributed by atoms with Crippen LogP contribution in [0.5, 0.6) is 0 Å². The van der Waals surface area contributed by atoms with E-state index in [0.717, 1.165) is 0 Å². The van der Waals surface area contributed by atoms with Crippen LogP contribution in [0.3, 0.4) is 0 Å². The van der Waals surface area contributed by atoms with Crippen LogP contribution >= 0.6 is 0 Å². The second-order valence-electron chi connectivity index (χ2n) is 4.89. The number of nitrogens with two attached hydrogens (primary N) is 1. The molecular formula is C11H19NO5. The van der Waals surface area contributed by atoms with E-state index >= 15 is 0 Å². The average molecular weight is 245 g/mol. The van der Waals surface area contributed by atoms with Gasteiger partial charge in [0.15, 0.2) is 5.79 Å². The molecule has 4 atom stereocenters. The Morgan fingerprint density at radius 1 is 1.41 bits per heavy atom. The van der Waals surface area contributed by atoms with Crippen LogP contribution in [0.2, 0.25) is 0 Å². The van der Waals surface area contributed by atoms with Crippen molar-refractivity contribution in [3.8, 4) is 0 Å². The van der Waals surface area contributed by atoms with E-state index in [4.69, 9.17) is 19.9 Å². The Balaban J connectivity index is 1.94. The van der Waals surface area contributed by atoms with Gasteiger partial charge < -0.3 is 24.7 Å². The molecule has 0 radical (unpaired) electrons. The molecule has 2 rings (SSSR count). The van der Waals surface area contributed by atoms with Gasteiger partial charge in [0.1, 0.15) is 18.8 Å². The van der Waals surface area contributed by atoms with Gasteiger partial charge in [-0.15, -0.1) is 0 Å². The number of ether oxygens (including phenoxy) is 4. The second-order valence-corrected chi connectivity index (χ2v) is 4.89. The summed E-state index contributed by atoms with van der Waals surface area (Å²) >= 11 is 0. The van der Waals surface area contributed by atoms with Crippen molar-refractivity contribution in [3.05, 3.63) is 0 Å². The Hall–Kier alpha value is -0.690. The van der Waals surface area contributed by atoms with E-state index in [9.17, 15) is 4.79 Å². The minimum Gasteiger partial charge on any atom is -0.467 e. The average Bonchev–Trinajstić information content (AvgIpc) is 2.71. The highest BCUT2D eigenvalue weighted by atomic mass is 16.8. The summed E-state index contributed by atoms with van der Waals surface area (Å²) < 4.78 is 21.4. The van der Waals surface area contributed by atoms with Crippen molar-refractivity contribution in [1.82, 2.24) is 0 Å². The lowest BCUT2D eigenvalue weighted by atomic mass is 10.2. The molecule has 1 unspecified atom stereocenters. The summed E-state index contributed by atoms with van der Waals surface area (Å²) in [4.78, 5) is 11.0. The summed E-state index contributed by atoms with van der Waals surface area (Å²) in [6, 6.07) is -0.121. The third-order valence-corrected chi connectivity index (χ3v) is 3.10. The fourth-order valence-electron chi connectivity index (χ4n) is 2.37. The van der Waals surface area contributed by atoms with Crippen LogP contribution in [0.15, 0.2) is 0 Å². The molecule has 0 bridgehead atoms. The van der Waals surface area contributed by atoms with Crippen molar-refractivity contribution < 1.29 is 23.7 Å². The number of esters is 1. The SMILES string of the molecule is COC(=O)CO[C@H]1C[C@@H](N)C2OC(C)(C)O[C@@H]21. The molecule has 1 aliphatic heterocycles. The van der Waals surface area contributed by atoms with E-state index in [-0.39, 0.29) is 31.0 Å². The predicted octanol–water partition coefficient (Wildman–Crippen LogP) is -0.204. The van der Waals surface area contributed by atoms with Gasteiger partial charge in [-0.25, -0.2) is 4.79 Å². The number of carbonyl (C=O) groups is 1. The largest absolute Gasteiger partial charge is 0.467 e. The van der Waals surface area contributed by atoms with E-state index in [0.29, 0.717) is 6.42 Å². The van der Waals surface area contributed by atoms with Crippen LogP contribution < -0.4 is 5.73 Å². The van der Waals surface area contributed by atoms with Gasteiger partial charge in [0.2, 0.25) is 0 Å². The van der Waals surface area contributed by atoms with Gasteiger partial charge in [-0.3, -0.25) is 0 Å². The van der Waals surface area contributed by atoms with E-state index in [2.05, 4.69) is 4.74 Å². The number of methoxy groups -OCH3 is 1. The Kier molecular flexibility index (Phi) is 3.40. The van der Waals surface area contributed by atoms with Crippen molar-refractivity contribution >= 4 is 5.97 Å². The molecule has 2 aliphatic rings. The Morgan fingerprint density at radius 3 is 2.71 bits per heavy atom. The quantitative estimate of drug-likeness (QED) is 0.693. The van der Waals surface area contributed by atoms with Gasteiger partial charge in [-0.05, 0) is 20.3 Å². The van der Waals surface area contributed by atoms with E-state index in [1.54, 1.807) is 0 Å². The van der Waals surface area contributed by atoms with Gasteiger partial charge in [0, 0.05) is 6.04 Å². The summed E-state index contributed by atoms with van der Waals surface area (Å²) in [5, 5.41) is 0. The maximum atomic E-state index is 11.0. The predicted molar refractivity (Wildman–Crippen MR) is 58.2 cm³/mol. The third kappa shape index (κ3) is 2.60. The third-order valence-electron chi connectivity index (χ3n) is 3.10. The molecule has 0 aromatic rings. The van der Waals surface area contributed by atoms with E-state index < -0.39 is 11.8 Å². The van der Waals surface area contributed by atoms with Gasteiger partial charge in [0.05, 0.1) is 13.2 Å². The lowest BCUT2D eigenvalue weighted by Crippen LogP contribution is -2.35. The first kappa shape index (κ1) is 12.8. The molecule has 1 saturated carbocycles. The number of fused-ring (bicyclic) bond motifs is 1. The summed E-state index contributed by atoms with van der Waals surface area (Å²) in [5.74, 6) is -1.04. The van der Waals surface area contributed by atoms with Gasteiger partial charge in [-0.1, -0.05) is 0 Å². The minimum atomic E-state index is -0.639. The monoisotopic (exact) mass is 245 g/mol. The number of carbonyl (C=O) groups excluding carboxylic acids is 1. The van der Waals surface area contributed by atoms with Gasteiger partial charge in [-0.2, -0.15) is 0 Å². The van der Waals surface area contributed by atoms with Gasteiger partial charge >= 0.3 is 5.97 Å². The first-order valence-electron chi connectivity index (χ1n) is 5.72. The molecule has 0 spiro atoms. The standard InChI is InChI=1S/C11H19NO5/c1-11(2)16-9-6(12)4-7(10(9)17-11)15-5-8(13)14-3/h6-7,9-10H,4-5,12H2,1-3H3/t6-,7+,9?,10-/m1/s1. The van der Waals surface area contributed by atoms with E-state index in [1.807, 2.05) is 13.8 Å². The molecule has 0 aromatic carbocycles. The molecule has 1 saturated heterocycles. The first-order chi connectivity index (χ1) is 7.93. The molecular weight excluding hydrogens is 226 g/mol. The maximum Gasteiger partial charge on any atom is 0.331 e. The fraction of sp³-hybridized carbons (Fsp3) is 0.909. The van der Waals surface area contributed by atoms with Crippen molar-refractivity contribution in [1.29, 1.82) is 0 Å². The lowest BCUT2D eigenvalue weighted by Gasteiger charge is -2.22. The summed E-state index contributed by atoms with van der Waals surface area (Å²) in [5.41, 5.74) is 5.97. The zero-order chi connectivity index (χ0) is 12.6.